The van der Waals surface area contributed by atoms with Crippen LogP contribution in [-0.2, 0) is 10.0 Å². The minimum absolute atomic E-state index is 0.122. The second-order valence-corrected chi connectivity index (χ2v) is 9.75. The van der Waals surface area contributed by atoms with Gasteiger partial charge in [0.25, 0.3) is 5.91 Å². The van der Waals surface area contributed by atoms with Crippen molar-refractivity contribution in [3.05, 3.63) is 54.2 Å². The number of pyridine rings is 1. The highest BCUT2D eigenvalue weighted by Gasteiger charge is 2.27. The maximum atomic E-state index is 13.1. The Morgan fingerprint density at radius 1 is 0.833 bits per heavy atom. The number of benzene rings is 1. The van der Waals surface area contributed by atoms with Crippen LogP contribution in [0.4, 0.5) is 5.82 Å². The highest BCUT2D eigenvalue weighted by molar-refractivity contribution is 7.89. The molecule has 0 N–H and O–H groups in total. The second kappa shape index (κ2) is 9.14. The fraction of sp³-hybridized carbons (Fsp3) is 0.455. The van der Waals surface area contributed by atoms with Gasteiger partial charge in [0.15, 0.2) is 0 Å². The van der Waals surface area contributed by atoms with E-state index >= 15 is 0 Å². The average molecular weight is 429 g/mol. The summed E-state index contributed by atoms with van der Waals surface area (Å²) in [6.45, 7) is 3.67. The van der Waals surface area contributed by atoms with Crippen LogP contribution in [0.25, 0.3) is 0 Å². The van der Waals surface area contributed by atoms with Crippen molar-refractivity contribution >= 4 is 21.7 Å². The SMILES string of the molecule is O=C(c1cccc(S(=O)(=O)N2CCCCCC2)c1)N1CCN(c2ccccn2)CC1. The van der Waals surface area contributed by atoms with Gasteiger partial charge in [-0.25, -0.2) is 13.4 Å². The van der Waals surface area contributed by atoms with E-state index < -0.39 is 10.0 Å². The molecule has 0 spiro atoms. The standard InChI is InChI=1S/C22H28N4O3S/c27-22(25-16-14-24(15-17-25)21-10-3-4-11-23-21)19-8-7-9-20(18-19)30(28,29)26-12-5-1-2-6-13-26/h3-4,7-11,18H,1-2,5-6,12-17H2. The Morgan fingerprint density at radius 3 is 2.23 bits per heavy atom. The average Bonchev–Trinajstić information content (AvgIpc) is 3.10. The first-order valence-corrected chi connectivity index (χ1v) is 12.1. The lowest BCUT2D eigenvalue weighted by atomic mass is 10.2. The molecular formula is C22H28N4O3S. The molecule has 0 unspecified atom stereocenters. The summed E-state index contributed by atoms with van der Waals surface area (Å²) in [6.07, 6.45) is 5.67. The lowest BCUT2D eigenvalue weighted by Gasteiger charge is -2.35. The zero-order valence-electron chi connectivity index (χ0n) is 17.1. The van der Waals surface area contributed by atoms with Crippen LogP contribution in [0, 0.1) is 0 Å². The van der Waals surface area contributed by atoms with E-state index in [1.165, 1.54) is 6.07 Å². The number of hydrogen-bond donors (Lipinski definition) is 0. The normalized spacial score (nSPS) is 18.8. The van der Waals surface area contributed by atoms with E-state index in [1.807, 2.05) is 18.2 Å². The third-order valence-corrected chi connectivity index (χ3v) is 7.72. The number of hydrogen-bond acceptors (Lipinski definition) is 5. The molecule has 0 radical (unpaired) electrons. The van der Waals surface area contributed by atoms with Gasteiger partial charge in [0, 0.05) is 51.0 Å². The van der Waals surface area contributed by atoms with Crippen molar-refractivity contribution in [2.45, 2.75) is 30.6 Å². The van der Waals surface area contributed by atoms with E-state index in [9.17, 15) is 13.2 Å². The fourth-order valence-electron chi connectivity index (χ4n) is 4.08. The maximum absolute atomic E-state index is 13.1. The zero-order valence-corrected chi connectivity index (χ0v) is 17.9. The number of carbonyl (C=O) groups excluding carboxylic acids is 1. The van der Waals surface area contributed by atoms with Crippen LogP contribution in [0.15, 0.2) is 53.6 Å². The van der Waals surface area contributed by atoms with Crippen molar-refractivity contribution in [3.63, 3.8) is 0 Å². The van der Waals surface area contributed by atoms with Crippen LogP contribution in [0.5, 0.6) is 0 Å². The summed E-state index contributed by atoms with van der Waals surface area (Å²) in [7, 11) is -3.57. The van der Waals surface area contributed by atoms with Crippen molar-refractivity contribution in [2.24, 2.45) is 0 Å². The number of carbonyl (C=O) groups is 1. The first-order chi connectivity index (χ1) is 14.6. The number of piperazine rings is 1. The molecule has 1 amide bonds. The van der Waals surface area contributed by atoms with E-state index in [0.717, 1.165) is 31.5 Å². The van der Waals surface area contributed by atoms with E-state index in [2.05, 4.69) is 9.88 Å². The van der Waals surface area contributed by atoms with E-state index in [4.69, 9.17) is 0 Å². The summed E-state index contributed by atoms with van der Waals surface area (Å²) < 4.78 is 27.7. The van der Waals surface area contributed by atoms with Gasteiger partial charge in [-0.3, -0.25) is 4.79 Å². The van der Waals surface area contributed by atoms with Crippen LogP contribution in [-0.4, -0.2) is 67.8 Å². The Kier molecular flexibility index (Phi) is 6.34. The summed E-state index contributed by atoms with van der Waals surface area (Å²) in [6, 6.07) is 12.3. The molecule has 0 bridgehead atoms. The fourth-order valence-corrected chi connectivity index (χ4v) is 5.65. The molecule has 1 aromatic carbocycles. The van der Waals surface area contributed by atoms with E-state index in [0.29, 0.717) is 44.8 Å². The number of sulfonamides is 1. The Morgan fingerprint density at radius 2 is 1.57 bits per heavy atom. The molecule has 1 aromatic heterocycles. The van der Waals surface area contributed by atoms with Crippen LogP contribution >= 0.6 is 0 Å². The highest BCUT2D eigenvalue weighted by atomic mass is 32.2. The molecule has 30 heavy (non-hydrogen) atoms. The summed E-state index contributed by atoms with van der Waals surface area (Å²) in [5, 5.41) is 0. The molecule has 7 nitrogen and oxygen atoms in total. The molecule has 2 aromatic rings. The molecule has 0 saturated carbocycles. The largest absolute Gasteiger partial charge is 0.353 e. The molecule has 2 aliphatic heterocycles. The lowest BCUT2D eigenvalue weighted by molar-refractivity contribution is 0.0746. The minimum atomic E-state index is -3.57. The van der Waals surface area contributed by atoms with Gasteiger partial charge >= 0.3 is 0 Å². The molecule has 160 valence electrons. The first kappa shape index (κ1) is 20.8. The summed E-state index contributed by atoms with van der Waals surface area (Å²) >= 11 is 0. The predicted molar refractivity (Wildman–Crippen MR) is 116 cm³/mol. The topological polar surface area (TPSA) is 73.8 Å². The second-order valence-electron chi connectivity index (χ2n) is 7.81. The number of amides is 1. The van der Waals surface area contributed by atoms with E-state index in [-0.39, 0.29) is 10.8 Å². The van der Waals surface area contributed by atoms with Crippen LogP contribution < -0.4 is 4.90 Å². The number of nitrogens with zero attached hydrogens (tertiary/aromatic N) is 4. The van der Waals surface area contributed by atoms with E-state index in [1.54, 1.807) is 33.6 Å². The van der Waals surface area contributed by atoms with Crippen molar-refractivity contribution in [1.29, 1.82) is 0 Å². The highest BCUT2D eigenvalue weighted by Crippen LogP contribution is 2.22. The Hall–Kier alpha value is -2.45. The van der Waals surface area contributed by atoms with Crippen molar-refractivity contribution in [2.75, 3.05) is 44.2 Å². The van der Waals surface area contributed by atoms with Gasteiger partial charge in [-0.2, -0.15) is 4.31 Å². The molecular weight excluding hydrogens is 400 g/mol. The maximum Gasteiger partial charge on any atom is 0.254 e. The Labute approximate surface area is 178 Å². The molecule has 2 saturated heterocycles. The van der Waals surface area contributed by atoms with Gasteiger partial charge in [0.2, 0.25) is 10.0 Å². The summed E-state index contributed by atoms with van der Waals surface area (Å²) in [5.74, 6) is 0.790. The van der Waals surface area contributed by atoms with Crippen molar-refractivity contribution in [3.8, 4) is 0 Å². The van der Waals surface area contributed by atoms with Crippen molar-refractivity contribution in [1.82, 2.24) is 14.2 Å². The molecule has 3 heterocycles. The monoisotopic (exact) mass is 428 g/mol. The third kappa shape index (κ3) is 4.49. The summed E-state index contributed by atoms with van der Waals surface area (Å²) in [5.41, 5.74) is 0.428. The number of rotatable bonds is 4. The minimum Gasteiger partial charge on any atom is -0.353 e. The molecule has 4 rings (SSSR count). The van der Waals surface area contributed by atoms with Gasteiger partial charge in [0.1, 0.15) is 5.82 Å². The van der Waals surface area contributed by atoms with Gasteiger partial charge in [-0.05, 0) is 43.2 Å². The van der Waals surface area contributed by atoms with Gasteiger partial charge in [0.05, 0.1) is 4.90 Å². The molecule has 2 aliphatic rings. The van der Waals surface area contributed by atoms with Crippen molar-refractivity contribution < 1.29 is 13.2 Å². The van der Waals surface area contributed by atoms with Gasteiger partial charge < -0.3 is 9.80 Å². The number of aromatic nitrogens is 1. The van der Waals surface area contributed by atoms with Crippen LogP contribution in [0.3, 0.4) is 0 Å². The molecule has 0 aliphatic carbocycles. The first-order valence-electron chi connectivity index (χ1n) is 10.6. The third-order valence-electron chi connectivity index (χ3n) is 5.82. The van der Waals surface area contributed by atoms with Crippen LogP contribution in [0.2, 0.25) is 0 Å². The molecule has 8 heteroatoms. The van der Waals surface area contributed by atoms with Gasteiger partial charge in [-0.1, -0.05) is 25.0 Å². The number of anilines is 1. The van der Waals surface area contributed by atoms with Crippen LogP contribution in [0.1, 0.15) is 36.0 Å². The summed E-state index contributed by atoms with van der Waals surface area (Å²) in [4.78, 5) is 21.6. The Bertz CT molecular complexity index is 965. The lowest BCUT2D eigenvalue weighted by Crippen LogP contribution is -2.49. The smallest absolute Gasteiger partial charge is 0.254 e. The molecule has 2 fully saturated rings. The predicted octanol–water partition coefficient (Wildman–Crippen LogP) is 2.61. The zero-order chi connectivity index (χ0) is 21.0. The van der Waals surface area contributed by atoms with Gasteiger partial charge in [-0.15, -0.1) is 0 Å². The Balaban J connectivity index is 1.45. The quantitative estimate of drug-likeness (QED) is 0.748. The molecule has 0 atom stereocenters.